The summed E-state index contributed by atoms with van der Waals surface area (Å²) < 4.78 is 35.3. The van der Waals surface area contributed by atoms with Crippen LogP contribution in [-0.2, 0) is 0 Å². The molecule has 0 rings (SSSR count). The molecule has 0 spiro atoms. The lowest BCUT2D eigenvalue weighted by atomic mass is 10.4. The molecule has 0 aromatic rings. The fraction of sp³-hybridized carbons (Fsp3) is 0.800. The van der Waals surface area contributed by atoms with Gasteiger partial charge in [0.1, 0.15) is 0 Å². The summed E-state index contributed by atoms with van der Waals surface area (Å²) in [5.74, 6) is 0. The summed E-state index contributed by atoms with van der Waals surface area (Å²) in [4.78, 5) is 9.84. The molecule has 0 aliphatic heterocycles. The van der Waals surface area contributed by atoms with Crippen molar-refractivity contribution in [1.82, 2.24) is 4.90 Å². The molecule has 0 bridgehead atoms. The van der Waals surface area contributed by atoms with Crippen LogP contribution in [0.4, 0.5) is 18.0 Å². The molecule has 0 aliphatic rings. The van der Waals surface area contributed by atoms with Crippen molar-refractivity contribution in [2.45, 2.75) is 19.6 Å². The number of halogens is 3. The number of carbonyl (C=O) groups is 1. The number of carbonyl (C=O) groups excluding carboxylic acids is 1. The number of primary amides is 1. The van der Waals surface area contributed by atoms with Crippen LogP contribution in [0.15, 0.2) is 0 Å². The first-order chi connectivity index (χ1) is 4.89. The van der Waals surface area contributed by atoms with Crippen molar-refractivity contribution >= 4 is 6.03 Å². The lowest BCUT2D eigenvalue weighted by Crippen LogP contribution is -2.46. The third-order valence-electron chi connectivity index (χ3n) is 1.02. The quantitative estimate of drug-likeness (QED) is 0.623. The summed E-state index contributed by atoms with van der Waals surface area (Å²) in [6.45, 7) is 1.14. The summed E-state index contributed by atoms with van der Waals surface area (Å²) in [5.41, 5.74) is 4.48. The molecule has 11 heavy (non-hydrogen) atoms. The van der Waals surface area contributed by atoms with Crippen molar-refractivity contribution in [2.24, 2.45) is 5.73 Å². The van der Waals surface area contributed by atoms with E-state index >= 15 is 0 Å². The molecule has 0 saturated heterocycles. The Morgan fingerprint density at radius 3 is 2.09 bits per heavy atom. The van der Waals surface area contributed by atoms with Gasteiger partial charge >= 0.3 is 12.3 Å². The molecule has 0 aromatic heterocycles. The van der Waals surface area contributed by atoms with Gasteiger partial charge in [0.05, 0.1) is 0 Å². The highest BCUT2D eigenvalue weighted by atomic mass is 19.4. The largest absolute Gasteiger partial charge is 0.488 e. The van der Waals surface area contributed by atoms with Gasteiger partial charge in [-0.2, -0.15) is 0 Å². The molecule has 0 aliphatic carbocycles. The monoisotopic (exact) mass is 170 g/mol. The predicted octanol–water partition coefficient (Wildman–Crippen LogP) is 1.30. The zero-order valence-electron chi connectivity index (χ0n) is 5.98. The minimum Gasteiger partial charge on any atom is -0.351 e. The molecule has 0 atom stereocenters. The van der Waals surface area contributed by atoms with Gasteiger partial charge in [-0.15, -0.1) is 13.2 Å². The minimum atomic E-state index is -4.65. The fourth-order valence-corrected chi connectivity index (χ4v) is 0.586. The summed E-state index contributed by atoms with van der Waals surface area (Å²) in [7, 11) is 0. The van der Waals surface area contributed by atoms with Crippen molar-refractivity contribution < 1.29 is 18.0 Å². The number of rotatable bonds is 2. The Hall–Kier alpha value is -0.940. The molecular weight excluding hydrogens is 161 g/mol. The zero-order chi connectivity index (χ0) is 9.07. The van der Waals surface area contributed by atoms with E-state index in [4.69, 9.17) is 0 Å². The number of alkyl halides is 3. The molecule has 3 nitrogen and oxygen atoms in total. The van der Waals surface area contributed by atoms with Gasteiger partial charge in [-0.25, -0.2) is 9.69 Å². The van der Waals surface area contributed by atoms with Crippen LogP contribution in [0.25, 0.3) is 0 Å². The molecule has 2 amide bonds. The van der Waals surface area contributed by atoms with Crippen molar-refractivity contribution in [1.29, 1.82) is 0 Å². The first-order valence-corrected chi connectivity index (χ1v) is 3.03. The first-order valence-electron chi connectivity index (χ1n) is 3.03. The van der Waals surface area contributed by atoms with E-state index in [9.17, 15) is 18.0 Å². The molecule has 0 heterocycles. The summed E-state index contributed by atoms with van der Waals surface area (Å²) >= 11 is 0. The number of nitrogens with two attached hydrogens (primary N) is 1. The summed E-state index contributed by atoms with van der Waals surface area (Å²) in [6, 6.07) is -1.46. The van der Waals surface area contributed by atoms with E-state index in [1.165, 1.54) is 6.92 Å². The lowest BCUT2D eigenvalue weighted by Gasteiger charge is -2.21. The standard InChI is InChI=1S/C5H9F3N2O/c1-2-3-10(4(9)11)5(6,7)8/h2-3H2,1H3,(H2,9,11). The van der Waals surface area contributed by atoms with E-state index in [1.807, 2.05) is 0 Å². The second kappa shape index (κ2) is 3.45. The van der Waals surface area contributed by atoms with Gasteiger partial charge in [0.25, 0.3) is 0 Å². The van der Waals surface area contributed by atoms with Crippen LogP contribution in [0.1, 0.15) is 13.3 Å². The van der Waals surface area contributed by atoms with Crippen molar-refractivity contribution in [3.8, 4) is 0 Å². The van der Waals surface area contributed by atoms with E-state index in [0.29, 0.717) is 0 Å². The highest BCUT2D eigenvalue weighted by molar-refractivity contribution is 5.72. The van der Waals surface area contributed by atoms with Crippen molar-refractivity contribution in [3.05, 3.63) is 0 Å². The molecule has 0 fully saturated rings. The molecule has 0 unspecified atom stereocenters. The fourth-order valence-electron chi connectivity index (χ4n) is 0.586. The Balaban J connectivity index is 4.22. The van der Waals surface area contributed by atoms with Crippen LogP contribution in [0.3, 0.4) is 0 Å². The maximum Gasteiger partial charge on any atom is 0.488 e. The Bertz CT molecular complexity index is 145. The van der Waals surface area contributed by atoms with Crippen LogP contribution < -0.4 is 5.73 Å². The average Bonchev–Trinajstić information content (AvgIpc) is 1.79. The zero-order valence-corrected chi connectivity index (χ0v) is 5.98. The molecule has 6 heteroatoms. The third-order valence-corrected chi connectivity index (χ3v) is 1.02. The van der Waals surface area contributed by atoms with Crippen LogP contribution in [0, 0.1) is 0 Å². The highest BCUT2D eigenvalue weighted by Gasteiger charge is 2.39. The Morgan fingerprint density at radius 2 is 2.00 bits per heavy atom. The lowest BCUT2D eigenvalue weighted by molar-refractivity contribution is -0.222. The van der Waals surface area contributed by atoms with E-state index in [-0.39, 0.29) is 11.3 Å². The van der Waals surface area contributed by atoms with Crippen LogP contribution in [0.2, 0.25) is 0 Å². The van der Waals surface area contributed by atoms with E-state index in [2.05, 4.69) is 5.73 Å². The van der Waals surface area contributed by atoms with Gasteiger partial charge in [-0.1, -0.05) is 6.92 Å². The van der Waals surface area contributed by atoms with Gasteiger partial charge < -0.3 is 5.73 Å². The summed E-state index contributed by atoms with van der Waals surface area (Å²) in [5, 5.41) is 0. The second-order valence-corrected chi connectivity index (χ2v) is 1.96. The minimum absolute atomic E-state index is 0.225. The van der Waals surface area contributed by atoms with E-state index in [1.54, 1.807) is 0 Å². The van der Waals surface area contributed by atoms with Crippen molar-refractivity contribution in [3.63, 3.8) is 0 Å². The molecule has 0 saturated carbocycles. The number of amides is 2. The molecular formula is C5H9F3N2O. The average molecular weight is 170 g/mol. The van der Waals surface area contributed by atoms with E-state index in [0.717, 1.165) is 0 Å². The van der Waals surface area contributed by atoms with Gasteiger partial charge in [-0.3, -0.25) is 0 Å². The Labute approximate surface area is 62.0 Å². The number of urea groups is 1. The number of hydrogen-bond acceptors (Lipinski definition) is 1. The van der Waals surface area contributed by atoms with Crippen LogP contribution >= 0.6 is 0 Å². The first kappa shape index (κ1) is 10.1. The maximum absolute atomic E-state index is 11.8. The topological polar surface area (TPSA) is 46.3 Å². The van der Waals surface area contributed by atoms with Gasteiger partial charge in [0.2, 0.25) is 0 Å². The Morgan fingerprint density at radius 1 is 1.55 bits per heavy atom. The third kappa shape index (κ3) is 3.10. The Kier molecular flexibility index (Phi) is 3.16. The van der Waals surface area contributed by atoms with E-state index < -0.39 is 18.9 Å². The number of hydrogen-bond donors (Lipinski definition) is 1. The second-order valence-electron chi connectivity index (χ2n) is 1.96. The van der Waals surface area contributed by atoms with Gasteiger partial charge in [0.15, 0.2) is 0 Å². The molecule has 0 aromatic carbocycles. The normalized spacial score (nSPS) is 11.3. The van der Waals surface area contributed by atoms with Crippen molar-refractivity contribution in [2.75, 3.05) is 6.54 Å². The van der Waals surface area contributed by atoms with Gasteiger partial charge in [-0.05, 0) is 6.42 Å². The van der Waals surface area contributed by atoms with Crippen LogP contribution in [-0.4, -0.2) is 23.8 Å². The van der Waals surface area contributed by atoms with Gasteiger partial charge in [0, 0.05) is 6.54 Å². The van der Waals surface area contributed by atoms with Crippen LogP contribution in [0.5, 0.6) is 0 Å². The molecule has 0 radical (unpaired) electrons. The molecule has 2 N–H and O–H groups in total. The highest BCUT2D eigenvalue weighted by Crippen LogP contribution is 2.20. The predicted molar refractivity (Wildman–Crippen MR) is 32.6 cm³/mol. The SMILES string of the molecule is CCCN(C(N)=O)C(F)(F)F. The molecule has 66 valence electrons. The smallest absolute Gasteiger partial charge is 0.351 e. The summed E-state index contributed by atoms with van der Waals surface area (Å²) in [6.07, 6.45) is -4.43. The number of nitrogens with zero attached hydrogens (tertiary/aromatic N) is 1. The maximum atomic E-state index is 11.8.